The van der Waals surface area contributed by atoms with Crippen molar-refractivity contribution in [1.82, 2.24) is 0 Å². The lowest BCUT2D eigenvalue weighted by Gasteiger charge is -2.31. The van der Waals surface area contributed by atoms with Crippen molar-refractivity contribution in [2.45, 2.75) is 62.0 Å². The highest BCUT2D eigenvalue weighted by atomic mass is 32.2. The van der Waals surface area contributed by atoms with Crippen molar-refractivity contribution in [3.8, 4) is 0 Å². The first-order valence-corrected chi connectivity index (χ1v) is 12.0. The third-order valence-corrected chi connectivity index (χ3v) is 7.30. The molecule has 0 radical (unpaired) electrons. The van der Waals surface area contributed by atoms with Gasteiger partial charge in [0.05, 0.1) is 17.0 Å². The van der Waals surface area contributed by atoms with E-state index in [-0.39, 0.29) is 28.9 Å². The highest BCUT2D eigenvalue weighted by Gasteiger charge is 2.31. The van der Waals surface area contributed by atoms with E-state index in [2.05, 4.69) is 11.2 Å². The average Bonchev–Trinajstić information content (AvgIpc) is 2.70. The summed E-state index contributed by atoms with van der Waals surface area (Å²) in [5.41, 5.74) is 3.24. The van der Waals surface area contributed by atoms with Gasteiger partial charge in [0.25, 0.3) is 0 Å². The Morgan fingerprint density at radius 3 is 2.21 bits per heavy atom. The Labute approximate surface area is 173 Å². The van der Waals surface area contributed by atoms with E-state index < -0.39 is 9.84 Å². The summed E-state index contributed by atoms with van der Waals surface area (Å²) in [7, 11) is -3.26. The van der Waals surface area contributed by atoms with E-state index in [4.69, 9.17) is 0 Å². The lowest BCUT2D eigenvalue weighted by Crippen LogP contribution is -2.28. The number of rotatable bonds is 7. The highest BCUT2D eigenvalue weighted by Crippen LogP contribution is 2.37. The summed E-state index contributed by atoms with van der Waals surface area (Å²) < 4.78 is 23.6. The second-order valence-electron chi connectivity index (χ2n) is 8.23. The summed E-state index contributed by atoms with van der Waals surface area (Å²) in [4.78, 5) is 12.1. The molecule has 2 atom stereocenters. The van der Waals surface area contributed by atoms with Crippen molar-refractivity contribution < 1.29 is 13.5 Å². The predicted octanol–water partition coefficient (Wildman–Crippen LogP) is 4.61. The van der Waals surface area contributed by atoms with Crippen LogP contribution in [0.5, 0.6) is 0 Å². The number of benzene rings is 2. The molecule has 0 aliphatic heterocycles. The van der Waals surface area contributed by atoms with Gasteiger partial charge in [0.2, 0.25) is 0 Å². The van der Waals surface area contributed by atoms with Gasteiger partial charge in [-0.05, 0) is 73.8 Å². The lowest BCUT2D eigenvalue weighted by atomic mass is 9.76. The molecule has 1 N–H and O–H groups in total. The van der Waals surface area contributed by atoms with E-state index in [1.54, 1.807) is 12.1 Å². The Balaban J connectivity index is 1.93. The standard InChI is InChI=1S/C23H29NO4S/c1-16-5-3-4-6-21(16)22(17-9-13-20(14-10-17)29(2,27)28)15-23(24-26)18-7-11-19(25)12-8-18/h3-6,9-10,13-14,18-19,22-23,25H,7-8,11-12,15H2,1-2H3. The molecule has 0 spiro atoms. The van der Waals surface area contributed by atoms with Gasteiger partial charge in [-0.25, -0.2) is 8.42 Å². The molecule has 2 aromatic rings. The van der Waals surface area contributed by atoms with Crippen molar-refractivity contribution in [2.24, 2.45) is 11.1 Å². The van der Waals surface area contributed by atoms with E-state index in [1.165, 1.54) is 6.26 Å². The number of aryl methyl sites for hydroxylation is 1. The molecule has 0 amide bonds. The van der Waals surface area contributed by atoms with Crippen LogP contribution in [0, 0.1) is 17.7 Å². The molecule has 1 aliphatic carbocycles. The zero-order valence-electron chi connectivity index (χ0n) is 17.0. The Morgan fingerprint density at radius 1 is 1.03 bits per heavy atom. The Morgan fingerprint density at radius 2 is 1.66 bits per heavy atom. The normalized spacial score (nSPS) is 22.0. The third kappa shape index (κ3) is 5.31. The Kier molecular flexibility index (Phi) is 6.85. The first-order valence-electron chi connectivity index (χ1n) is 10.2. The minimum atomic E-state index is -3.26. The van der Waals surface area contributed by atoms with Crippen molar-refractivity contribution in [3.05, 3.63) is 70.1 Å². The SMILES string of the molecule is Cc1ccccc1C(CC(N=O)C1CCC(O)CC1)c1ccc(S(C)(=O)=O)cc1. The van der Waals surface area contributed by atoms with E-state index in [9.17, 15) is 18.4 Å². The largest absolute Gasteiger partial charge is 0.393 e. The average molecular weight is 416 g/mol. The molecule has 0 heterocycles. The quantitative estimate of drug-likeness (QED) is 0.670. The van der Waals surface area contributed by atoms with Crippen molar-refractivity contribution in [3.63, 3.8) is 0 Å². The predicted molar refractivity (Wildman–Crippen MR) is 115 cm³/mol. The second kappa shape index (κ2) is 9.18. The van der Waals surface area contributed by atoms with Gasteiger partial charge in [-0.2, -0.15) is 4.91 Å². The van der Waals surface area contributed by atoms with Gasteiger partial charge in [-0.3, -0.25) is 0 Å². The minimum Gasteiger partial charge on any atom is -0.393 e. The number of aliphatic hydroxyl groups is 1. The molecule has 6 heteroatoms. The van der Waals surface area contributed by atoms with Crippen LogP contribution < -0.4 is 0 Å². The van der Waals surface area contributed by atoms with Gasteiger partial charge in [-0.1, -0.05) is 41.6 Å². The van der Waals surface area contributed by atoms with Crippen molar-refractivity contribution in [1.29, 1.82) is 0 Å². The smallest absolute Gasteiger partial charge is 0.175 e. The summed E-state index contributed by atoms with van der Waals surface area (Å²) in [6.07, 6.45) is 4.56. The molecule has 1 saturated carbocycles. The molecule has 1 aliphatic rings. The molecule has 0 bridgehead atoms. The van der Waals surface area contributed by atoms with Gasteiger partial charge in [0, 0.05) is 12.2 Å². The topological polar surface area (TPSA) is 83.8 Å². The van der Waals surface area contributed by atoms with Crippen LogP contribution in [0.25, 0.3) is 0 Å². The number of hydrogen-bond acceptors (Lipinski definition) is 5. The number of nitroso groups, excluding NO2 is 1. The van der Waals surface area contributed by atoms with Crippen LogP contribution in [-0.4, -0.2) is 31.9 Å². The molecule has 3 rings (SSSR count). The maximum Gasteiger partial charge on any atom is 0.175 e. The van der Waals surface area contributed by atoms with Gasteiger partial charge in [0.1, 0.15) is 0 Å². The summed E-state index contributed by atoms with van der Waals surface area (Å²) in [5, 5.41) is 13.3. The molecule has 5 nitrogen and oxygen atoms in total. The summed E-state index contributed by atoms with van der Waals surface area (Å²) in [6.45, 7) is 2.05. The van der Waals surface area contributed by atoms with E-state index in [1.807, 2.05) is 37.3 Å². The number of sulfone groups is 1. The van der Waals surface area contributed by atoms with Crippen LogP contribution in [0.15, 0.2) is 58.6 Å². The maximum absolute atomic E-state index is 11.8. The fourth-order valence-corrected chi connectivity index (χ4v) is 5.05. The second-order valence-corrected chi connectivity index (χ2v) is 10.2. The zero-order chi connectivity index (χ0) is 21.0. The number of nitrogens with zero attached hydrogens (tertiary/aromatic N) is 1. The van der Waals surface area contributed by atoms with E-state index in [0.717, 1.165) is 42.4 Å². The van der Waals surface area contributed by atoms with Gasteiger partial charge >= 0.3 is 0 Å². The van der Waals surface area contributed by atoms with Crippen LogP contribution in [0.3, 0.4) is 0 Å². The molecule has 0 saturated heterocycles. The molecular formula is C23H29NO4S. The van der Waals surface area contributed by atoms with Crippen LogP contribution in [0.4, 0.5) is 0 Å². The van der Waals surface area contributed by atoms with E-state index >= 15 is 0 Å². The molecule has 2 unspecified atom stereocenters. The fourth-order valence-electron chi connectivity index (χ4n) is 4.42. The van der Waals surface area contributed by atoms with Gasteiger partial charge in [0.15, 0.2) is 9.84 Å². The van der Waals surface area contributed by atoms with Crippen molar-refractivity contribution >= 4 is 9.84 Å². The molecule has 2 aromatic carbocycles. The van der Waals surface area contributed by atoms with Crippen molar-refractivity contribution in [2.75, 3.05) is 6.26 Å². The molecule has 0 aromatic heterocycles. The summed E-state index contributed by atoms with van der Waals surface area (Å²) in [5.74, 6) is 0.136. The first-order chi connectivity index (χ1) is 13.8. The minimum absolute atomic E-state index is 0.0423. The first kappa shape index (κ1) is 21.7. The molecule has 29 heavy (non-hydrogen) atoms. The Hall–Kier alpha value is -2.05. The molecular weight excluding hydrogens is 386 g/mol. The lowest BCUT2D eigenvalue weighted by molar-refractivity contribution is 0.100. The number of aliphatic hydroxyl groups excluding tert-OH is 1. The van der Waals surface area contributed by atoms with Crippen LogP contribution in [-0.2, 0) is 9.84 Å². The van der Waals surface area contributed by atoms with E-state index in [0.29, 0.717) is 6.42 Å². The van der Waals surface area contributed by atoms with Crippen LogP contribution in [0.2, 0.25) is 0 Å². The maximum atomic E-state index is 11.8. The highest BCUT2D eigenvalue weighted by molar-refractivity contribution is 7.90. The third-order valence-electron chi connectivity index (χ3n) is 6.17. The van der Waals surface area contributed by atoms with Crippen LogP contribution in [0.1, 0.15) is 54.7 Å². The fraction of sp³-hybridized carbons (Fsp3) is 0.478. The summed E-state index contributed by atoms with van der Waals surface area (Å²) in [6, 6.07) is 14.7. The number of hydrogen-bond donors (Lipinski definition) is 1. The Bertz CT molecular complexity index is 932. The molecule has 1 fully saturated rings. The van der Waals surface area contributed by atoms with Gasteiger partial charge in [-0.15, -0.1) is 0 Å². The monoisotopic (exact) mass is 415 g/mol. The zero-order valence-corrected chi connectivity index (χ0v) is 17.8. The van der Waals surface area contributed by atoms with Crippen LogP contribution >= 0.6 is 0 Å². The van der Waals surface area contributed by atoms with Gasteiger partial charge < -0.3 is 5.11 Å². The molecule has 156 valence electrons. The summed E-state index contributed by atoms with van der Waals surface area (Å²) >= 11 is 0.